The Morgan fingerprint density at radius 1 is 1.16 bits per heavy atom. The van der Waals surface area contributed by atoms with Gasteiger partial charge in [-0.05, 0) is 48.7 Å². The molecule has 1 unspecified atom stereocenters. The van der Waals surface area contributed by atoms with Gasteiger partial charge in [-0.15, -0.1) is 0 Å². The summed E-state index contributed by atoms with van der Waals surface area (Å²) in [5, 5.41) is 3.42. The molecule has 100 valence electrons. The van der Waals surface area contributed by atoms with Gasteiger partial charge in [0.2, 0.25) is 0 Å². The largest absolute Gasteiger partial charge is 0.378 e. The van der Waals surface area contributed by atoms with E-state index in [9.17, 15) is 4.39 Å². The lowest BCUT2D eigenvalue weighted by Gasteiger charge is -2.20. The lowest BCUT2D eigenvalue weighted by molar-refractivity contribution is 0.627. The van der Waals surface area contributed by atoms with Gasteiger partial charge in [-0.2, -0.15) is 0 Å². The second-order valence-corrected chi connectivity index (χ2v) is 5.53. The summed E-state index contributed by atoms with van der Waals surface area (Å²) in [5.74, 6) is -0.209. The minimum Gasteiger partial charge on any atom is -0.378 e. The first-order valence-corrected chi connectivity index (χ1v) is 7.17. The van der Waals surface area contributed by atoms with Gasteiger partial charge in [0.1, 0.15) is 5.82 Å². The molecule has 0 saturated carbocycles. The Kier molecular flexibility index (Phi) is 4.59. The van der Waals surface area contributed by atoms with Crippen LogP contribution in [0.1, 0.15) is 30.5 Å². The lowest BCUT2D eigenvalue weighted by Crippen LogP contribution is -2.10. The van der Waals surface area contributed by atoms with Gasteiger partial charge >= 0.3 is 0 Å². The fourth-order valence-electron chi connectivity index (χ4n) is 2.05. The molecule has 0 aliphatic carbocycles. The molecule has 0 saturated heterocycles. The predicted octanol–water partition coefficient (Wildman–Crippen LogP) is 5.46. The van der Waals surface area contributed by atoms with Gasteiger partial charge in [0.25, 0.3) is 0 Å². The zero-order valence-corrected chi connectivity index (χ0v) is 12.7. The third-order valence-electron chi connectivity index (χ3n) is 3.21. The number of hydrogen-bond donors (Lipinski definition) is 1. The lowest BCUT2D eigenvalue weighted by atomic mass is 10.0. The maximum absolute atomic E-state index is 13.3. The first kappa shape index (κ1) is 14.1. The van der Waals surface area contributed by atoms with E-state index >= 15 is 0 Å². The number of halogens is 2. The van der Waals surface area contributed by atoms with Crippen LogP contribution in [0, 0.1) is 12.7 Å². The minimum absolute atomic E-state index is 0.189. The van der Waals surface area contributed by atoms with Crippen molar-refractivity contribution in [3.63, 3.8) is 0 Å². The number of anilines is 1. The highest BCUT2D eigenvalue weighted by Crippen LogP contribution is 2.26. The fourth-order valence-corrected chi connectivity index (χ4v) is 2.32. The summed E-state index contributed by atoms with van der Waals surface area (Å²) >= 11 is 3.43. The van der Waals surface area contributed by atoms with Gasteiger partial charge in [-0.1, -0.05) is 41.1 Å². The molecule has 19 heavy (non-hydrogen) atoms. The Hall–Kier alpha value is -1.35. The minimum atomic E-state index is -0.209. The molecular weight excluding hydrogens is 305 g/mol. The SMILES string of the molecule is CCC(Nc1cc(F)ccc1C)c1ccc(Br)cc1. The Bertz CT molecular complexity index is 551. The van der Waals surface area contributed by atoms with Crippen molar-refractivity contribution >= 4 is 21.6 Å². The number of nitrogens with one attached hydrogen (secondary N) is 1. The molecule has 0 fully saturated rings. The van der Waals surface area contributed by atoms with Crippen molar-refractivity contribution in [2.75, 3.05) is 5.32 Å². The van der Waals surface area contributed by atoms with Crippen LogP contribution in [0.2, 0.25) is 0 Å². The number of hydrogen-bond acceptors (Lipinski definition) is 1. The summed E-state index contributed by atoms with van der Waals surface area (Å²) in [4.78, 5) is 0. The molecule has 2 rings (SSSR count). The van der Waals surface area contributed by atoms with E-state index in [1.165, 1.54) is 11.6 Å². The molecular formula is C16H17BrFN. The molecule has 1 atom stereocenters. The normalized spacial score (nSPS) is 12.2. The van der Waals surface area contributed by atoms with Gasteiger partial charge in [0, 0.05) is 10.2 Å². The van der Waals surface area contributed by atoms with Gasteiger partial charge < -0.3 is 5.32 Å². The summed E-state index contributed by atoms with van der Waals surface area (Å²) in [6.07, 6.45) is 0.942. The average molecular weight is 322 g/mol. The van der Waals surface area contributed by atoms with Crippen molar-refractivity contribution in [3.05, 3.63) is 63.9 Å². The molecule has 0 amide bonds. The van der Waals surface area contributed by atoms with Gasteiger partial charge in [0.15, 0.2) is 0 Å². The molecule has 1 N–H and O–H groups in total. The van der Waals surface area contributed by atoms with Crippen molar-refractivity contribution in [3.8, 4) is 0 Å². The Morgan fingerprint density at radius 3 is 2.47 bits per heavy atom. The van der Waals surface area contributed by atoms with Gasteiger partial charge in [-0.25, -0.2) is 4.39 Å². The van der Waals surface area contributed by atoms with Crippen molar-refractivity contribution in [2.24, 2.45) is 0 Å². The van der Waals surface area contributed by atoms with Crippen LogP contribution in [0.25, 0.3) is 0 Å². The standard InChI is InChI=1S/C16H17BrFN/c1-3-15(12-5-7-13(17)8-6-12)19-16-10-14(18)9-4-11(16)2/h4-10,15,19H,3H2,1-2H3. The molecule has 0 bridgehead atoms. The van der Waals surface area contributed by atoms with Crippen LogP contribution in [0.3, 0.4) is 0 Å². The van der Waals surface area contributed by atoms with Crippen LogP contribution in [-0.4, -0.2) is 0 Å². The van der Waals surface area contributed by atoms with E-state index in [1.54, 1.807) is 12.1 Å². The van der Waals surface area contributed by atoms with Crippen molar-refractivity contribution in [1.82, 2.24) is 0 Å². The van der Waals surface area contributed by atoms with Gasteiger partial charge in [-0.3, -0.25) is 0 Å². The van der Waals surface area contributed by atoms with E-state index in [0.29, 0.717) is 0 Å². The predicted molar refractivity (Wildman–Crippen MR) is 81.9 cm³/mol. The smallest absolute Gasteiger partial charge is 0.125 e. The molecule has 2 aromatic carbocycles. The van der Waals surface area contributed by atoms with E-state index in [4.69, 9.17) is 0 Å². The average Bonchev–Trinajstić information content (AvgIpc) is 2.41. The van der Waals surface area contributed by atoms with E-state index in [1.807, 2.05) is 19.1 Å². The maximum Gasteiger partial charge on any atom is 0.125 e. The number of aryl methyl sites for hydroxylation is 1. The first-order chi connectivity index (χ1) is 9.10. The topological polar surface area (TPSA) is 12.0 Å². The Morgan fingerprint density at radius 2 is 1.84 bits per heavy atom. The highest BCUT2D eigenvalue weighted by atomic mass is 79.9. The summed E-state index contributed by atoms with van der Waals surface area (Å²) in [7, 11) is 0. The number of benzene rings is 2. The second-order valence-electron chi connectivity index (χ2n) is 4.62. The highest BCUT2D eigenvalue weighted by molar-refractivity contribution is 9.10. The van der Waals surface area contributed by atoms with Crippen molar-refractivity contribution < 1.29 is 4.39 Å². The van der Waals surface area contributed by atoms with Crippen LogP contribution < -0.4 is 5.32 Å². The molecule has 3 heteroatoms. The zero-order valence-electron chi connectivity index (χ0n) is 11.1. The quantitative estimate of drug-likeness (QED) is 0.788. The molecule has 0 radical (unpaired) electrons. The number of rotatable bonds is 4. The van der Waals surface area contributed by atoms with Crippen LogP contribution in [0.15, 0.2) is 46.9 Å². The van der Waals surface area contributed by atoms with Crippen LogP contribution >= 0.6 is 15.9 Å². The Labute approximate surface area is 122 Å². The molecule has 0 aliphatic rings. The van der Waals surface area contributed by atoms with E-state index in [2.05, 4.69) is 40.3 Å². The molecule has 0 heterocycles. The fraction of sp³-hybridized carbons (Fsp3) is 0.250. The summed E-state index contributed by atoms with van der Waals surface area (Å²) < 4.78 is 14.4. The van der Waals surface area contributed by atoms with E-state index < -0.39 is 0 Å². The second kappa shape index (κ2) is 6.20. The Balaban J connectivity index is 2.23. The first-order valence-electron chi connectivity index (χ1n) is 6.38. The van der Waals surface area contributed by atoms with Crippen LogP contribution in [0.5, 0.6) is 0 Å². The summed E-state index contributed by atoms with van der Waals surface area (Å²) in [6.45, 7) is 4.10. The molecule has 0 aliphatic heterocycles. The molecule has 0 aromatic heterocycles. The van der Waals surface area contributed by atoms with E-state index in [-0.39, 0.29) is 11.9 Å². The molecule has 0 spiro atoms. The molecule has 1 nitrogen and oxygen atoms in total. The maximum atomic E-state index is 13.3. The van der Waals surface area contributed by atoms with Crippen molar-refractivity contribution in [2.45, 2.75) is 26.3 Å². The van der Waals surface area contributed by atoms with Crippen LogP contribution in [0.4, 0.5) is 10.1 Å². The van der Waals surface area contributed by atoms with Crippen molar-refractivity contribution in [1.29, 1.82) is 0 Å². The van der Waals surface area contributed by atoms with Crippen LogP contribution in [-0.2, 0) is 0 Å². The summed E-state index contributed by atoms with van der Waals surface area (Å²) in [5.41, 5.74) is 3.11. The third kappa shape index (κ3) is 3.57. The third-order valence-corrected chi connectivity index (χ3v) is 3.74. The molecule has 2 aromatic rings. The van der Waals surface area contributed by atoms with Gasteiger partial charge in [0.05, 0.1) is 6.04 Å². The summed E-state index contributed by atoms with van der Waals surface area (Å²) in [6, 6.07) is 13.2. The van der Waals surface area contributed by atoms with E-state index in [0.717, 1.165) is 22.1 Å². The zero-order chi connectivity index (χ0) is 13.8. The highest BCUT2D eigenvalue weighted by Gasteiger charge is 2.10. The monoisotopic (exact) mass is 321 g/mol.